The molecular weight excluding hydrogens is 492 g/mol. The number of morpholine rings is 1. The molecule has 1 aliphatic carbocycles. The molecule has 0 bridgehead atoms. The lowest BCUT2D eigenvalue weighted by Crippen LogP contribution is -2.42. The average Bonchev–Trinajstić information content (AvgIpc) is 3.62. The molecule has 3 fully saturated rings. The first kappa shape index (κ1) is 25.7. The van der Waals surface area contributed by atoms with E-state index < -0.39 is 10.0 Å². The van der Waals surface area contributed by atoms with E-state index in [4.69, 9.17) is 4.74 Å². The first-order valence-corrected chi connectivity index (χ1v) is 14.7. The minimum absolute atomic E-state index is 0.0197. The highest BCUT2D eigenvalue weighted by molar-refractivity contribution is 7.92. The van der Waals surface area contributed by atoms with Gasteiger partial charge in [-0.05, 0) is 70.1 Å². The maximum Gasteiger partial charge on any atom is 0.258 e. The number of nitrogens with one attached hydrogen (secondary N) is 2. The van der Waals surface area contributed by atoms with Gasteiger partial charge in [0.2, 0.25) is 16.0 Å². The van der Waals surface area contributed by atoms with Crippen molar-refractivity contribution in [2.24, 2.45) is 5.41 Å². The summed E-state index contributed by atoms with van der Waals surface area (Å²) in [6.45, 7) is 9.17. The number of amides is 1. The van der Waals surface area contributed by atoms with Crippen LogP contribution in [0.1, 0.15) is 55.6 Å². The summed E-state index contributed by atoms with van der Waals surface area (Å²) in [7, 11) is -3.43. The second kappa shape index (κ2) is 10.1. The van der Waals surface area contributed by atoms with Gasteiger partial charge < -0.3 is 19.9 Å². The van der Waals surface area contributed by atoms with Gasteiger partial charge in [-0.2, -0.15) is 4.98 Å². The van der Waals surface area contributed by atoms with Crippen molar-refractivity contribution in [1.29, 1.82) is 0 Å². The zero-order valence-electron chi connectivity index (χ0n) is 21.8. The van der Waals surface area contributed by atoms with Crippen LogP contribution in [0.5, 0.6) is 0 Å². The highest BCUT2D eigenvalue weighted by Crippen LogP contribution is 2.54. The van der Waals surface area contributed by atoms with Gasteiger partial charge in [-0.15, -0.1) is 0 Å². The summed E-state index contributed by atoms with van der Waals surface area (Å²) in [6, 6.07) is 6.87. The van der Waals surface area contributed by atoms with Crippen molar-refractivity contribution in [3.8, 4) is 0 Å². The molecule has 2 N–H and O–H groups in total. The molecule has 1 aromatic carbocycles. The number of carbonyl (C=O) groups excluding carboxylic acids is 1. The van der Waals surface area contributed by atoms with E-state index in [1.807, 2.05) is 13.8 Å². The summed E-state index contributed by atoms with van der Waals surface area (Å²) in [6.07, 6.45) is 4.82. The van der Waals surface area contributed by atoms with Crippen molar-refractivity contribution in [3.63, 3.8) is 0 Å². The smallest absolute Gasteiger partial charge is 0.258 e. The highest BCUT2D eigenvalue weighted by atomic mass is 32.2. The number of sulfonamides is 1. The lowest BCUT2D eigenvalue weighted by atomic mass is 9.93. The SMILES string of the molecule is CCS(=O)(=O)Nc1ccc(C(=O)Nc2cc(C)nc(N3CCO[C@H](C)C3)n2)c(N2CCC3(CC2)CC3)c1. The Hall–Kier alpha value is -2.92. The molecule has 1 amide bonds. The van der Waals surface area contributed by atoms with E-state index in [0.29, 0.717) is 48.1 Å². The van der Waals surface area contributed by atoms with Crippen LogP contribution in [0.25, 0.3) is 0 Å². The summed E-state index contributed by atoms with van der Waals surface area (Å²) < 4.78 is 32.6. The number of aryl methyl sites for hydroxylation is 1. The van der Waals surface area contributed by atoms with Crippen LogP contribution in [-0.4, -0.2) is 68.9 Å². The van der Waals surface area contributed by atoms with Crippen LogP contribution in [0, 0.1) is 12.3 Å². The fourth-order valence-corrected chi connectivity index (χ4v) is 5.77. The number of hydrogen-bond acceptors (Lipinski definition) is 8. The van der Waals surface area contributed by atoms with Crippen molar-refractivity contribution < 1.29 is 17.9 Å². The lowest BCUT2D eigenvalue weighted by Gasteiger charge is -2.35. The molecule has 2 aromatic rings. The molecule has 1 atom stereocenters. The van der Waals surface area contributed by atoms with Crippen LogP contribution in [0.15, 0.2) is 24.3 Å². The van der Waals surface area contributed by atoms with Gasteiger partial charge in [-0.3, -0.25) is 9.52 Å². The number of rotatable bonds is 7. The van der Waals surface area contributed by atoms with Crippen LogP contribution >= 0.6 is 0 Å². The van der Waals surface area contributed by atoms with Crippen LogP contribution in [-0.2, 0) is 14.8 Å². The first-order chi connectivity index (χ1) is 17.7. The molecule has 200 valence electrons. The number of aromatic nitrogens is 2. The summed E-state index contributed by atoms with van der Waals surface area (Å²) >= 11 is 0. The Morgan fingerprint density at radius 2 is 1.86 bits per heavy atom. The van der Waals surface area contributed by atoms with Crippen molar-refractivity contribution in [2.45, 2.75) is 52.6 Å². The van der Waals surface area contributed by atoms with Gasteiger partial charge in [0.1, 0.15) is 5.82 Å². The van der Waals surface area contributed by atoms with Crippen LogP contribution in [0.2, 0.25) is 0 Å². The quantitative estimate of drug-likeness (QED) is 0.562. The second-order valence-electron chi connectivity index (χ2n) is 10.5. The third kappa shape index (κ3) is 5.98. The first-order valence-electron chi connectivity index (χ1n) is 13.1. The topological polar surface area (TPSA) is 117 Å². The number of piperidine rings is 1. The van der Waals surface area contributed by atoms with Crippen molar-refractivity contribution in [2.75, 3.05) is 58.4 Å². The number of benzene rings is 1. The molecule has 1 aromatic heterocycles. The fraction of sp³-hybridized carbons (Fsp3) is 0.577. The summed E-state index contributed by atoms with van der Waals surface area (Å²) in [5.74, 6) is 0.699. The third-order valence-electron chi connectivity index (χ3n) is 7.63. The minimum Gasteiger partial charge on any atom is -0.375 e. The largest absolute Gasteiger partial charge is 0.375 e. The van der Waals surface area contributed by atoms with E-state index in [1.165, 1.54) is 12.8 Å². The molecule has 3 aliphatic rings. The Morgan fingerprint density at radius 3 is 2.54 bits per heavy atom. The Morgan fingerprint density at radius 1 is 1.11 bits per heavy atom. The van der Waals surface area contributed by atoms with E-state index in [0.717, 1.165) is 37.3 Å². The van der Waals surface area contributed by atoms with Gasteiger partial charge in [-0.25, -0.2) is 13.4 Å². The van der Waals surface area contributed by atoms with E-state index in [-0.39, 0.29) is 17.8 Å². The maximum atomic E-state index is 13.6. The van der Waals surface area contributed by atoms with Gasteiger partial charge in [0, 0.05) is 37.9 Å². The molecule has 1 spiro atoms. The summed E-state index contributed by atoms with van der Waals surface area (Å²) in [5.41, 5.74) is 2.92. The monoisotopic (exact) mass is 528 g/mol. The highest BCUT2D eigenvalue weighted by Gasteiger charge is 2.44. The van der Waals surface area contributed by atoms with E-state index in [2.05, 4.69) is 29.8 Å². The third-order valence-corrected chi connectivity index (χ3v) is 8.93. The van der Waals surface area contributed by atoms with E-state index in [9.17, 15) is 13.2 Å². The molecule has 37 heavy (non-hydrogen) atoms. The standard InChI is InChI=1S/C26H36N6O4S/c1-4-37(34,35)30-20-5-6-21(22(16-20)31-11-9-26(7-8-26)10-12-31)24(33)28-23-15-18(2)27-25(29-23)32-13-14-36-19(3)17-32/h5-6,15-16,19,30H,4,7-14,17H2,1-3H3,(H,27,28,29,33)/t19-/m1/s1. The zero-order valence-corrected chi connectivity index (χ0v) is 22.6. The molecule has 5 rings (SSSR count). The number of carbonyl (C=O) groups is 1. The molecule has 3 heterocycles. The molecule has 2 saturated heterocycles. The van der Waals surface area contributed by atoms with Gasteiger partial charge in [0.05, 0.1) is 35.4 Å². The summed E-state index contributed by atoms with van der Waals surface area (Å²) in [5, 5.41) is 2.96. The molecule has 0 unspecified atom stereocenters. The number of anilines is 4. The van der Waals surface area contributed by atoms with Crippen LogP contribution in [0.3, 0.4) is 0 Å². The van der Waals surface area contributed by atoms with Crippen LogP contribution in [0.4, 0.5) is 23.1 Å². The Labute approximate surface area is 218 Å². The Bertz CT molecular complexity index is 1270. The number of ether oxygens (including phenoxy) is 1. The molecule has 0 radical (unpaired) electrons. The fourth-order valence-electron chi connectivity index (χ4n) is 5.14. The zero-order chi connectivity index (χ0) is 26.2. The molecule has 11 heteroatoms. The Balaban J connectivity index is 1.41. The lowest BCUT2D eigenvalue weighted by molar-refractivity contribution is 0.0526. The van der Waals surface area contributed by atoms with E-state index in [1.54, 1.807) is 31.2 Å². The molecule has 10 nitrogen and oxygen atoms in total. The maximum absolute atomic E-state index is 13.6. The summed E-state index contributed by atoms with van der Waals surface area (Å²) in [4.78, 5) is 27.0. The van der Waals surface area contributed by atoms with Gasteiger partial charge in [-0.1, -0.05) is 0 Å². The van der Waals surface area contributed by atoms with Crippen molar-refractivity contribution >= 4 is 39.1 Å². The van der Waals surface area contributed by atoms with Gasteiger partial charge in [0.15, 0.2) is 0 Å². The predicted molar refractivity (Wildman–Crippen MR) is 145 cm³/mol. The van der Waals surface area contributed by atoms with Crippen molar-refractivity contribution in [1.82, 2.24) is 9.97 Å². The number of hydrogen-bond donors (Lipinski definition) is 2. The minimum atomic E-state index is -3.43. The van der Waals surface area contributed by atoms with Gasteiger partial charge >= 0.3 is 0 Å². The molecule has 1 saturated carbocycles. The second-order valence-corrected chi connectivity index (χ2v) is 12.5. The number of nitrogens with zero attached hydrogens (tertiary/aromatic N) is 4. The van der Waals surface area contributed by atoms with Gasteiger partial charge in [0.25, 0.3) is 5.91 Å². The van der Waals surface area contributed by atoms with Crippen LogP contribution < -0.4 is 19.8 Å². The van der Waals surface area contributed by atoms with Crippen molar-refractivity contribution in [3.05, 3.63) is 35.5 Å². The predicted octanol–water partition coefficient (Wildman–Crippen LogP) is 3.40. The normalized spacial score (nSPS) is 21.1. The van der Waals surface area contributed by atoms with E-state index >= 15 is 0 Å². The molecule has 2 aliphatic heterocycles. The Kier molecular flexibility index (Phi) is 7.01. The average molecular weight is 529 g/mol. The molecular formula is C26H36N6O4S.